The Bertz CT molecular complexity index is 537. The van der Waals surface area contributed by atoms with Gasteiger partial charge in [-0.1, -0.05) is 0 Å². The SMILES string of the molecule is CSCC[C@H]([NH3+])C(=O)NCC1CCC(C(=O)N[C@@H](CC(=O)[O-])C(=O)[O-])CC1. The van der Waals surface area contributed by atoms with Crippen LogP contribution < -0.4 is 26.6 Å². The standard InChI is InChI=1S/C17H29N3O6S/c1-27-7-6-12(18)16(24)19-9-10-2-4-11(5-3-10)15(23)20-13(17(25)26)8-14(21)22/h10-13H,2-9,18H2,1H3,(H,19,24)(H,20,23)(H,21,22)(H,25,26)/p-1/t10?,11?,12-,13-/m0/s1. The summed E-state index contributed by atoms with van der Waals surface area (Å²) in [5, 5.41) is 26.6. The van der Waals surface area contributed by atoms with Crippen molar-refractivity contribution in [2.75, 3.05) is 18.6 Å². The molecule has 0 aromatic heterocycles. The molecule has 1 saturated carbocycles. The average Bonchev–Trinajstić information content (AvgIpc) is 2.63. The van der Waals surface area contributed by atoms with Gasteiger partial charge in [0.2, 0.25) is 5.91 Å². The number of hydrogen-bond donors (Lipinski definition) is 3. The summed E-state index contributed by atoms with van der Waals surface area (Å²) in [7, 11) is 0. The minimum atomic E-state index is -1.65. The molecular formula is C17H28N3O6S-. The smallest absolute Gasteiger partial charge is 0.278 e. The van der Waals surface area contributed by atoms with Gasteiger partial charge in [0.05, 0.1) is 12.0 Å². The van der Waals surface area contributed by atoms with E-state index in [4.69, 9.17) is 0 Å². The van der Waals surface area contributed by atoms with Crippen molar-refractivity contribution in [3.63, 3.8) is 0 Å². The van der Waals surface area contributed by atoms with Gasteiger partial charge < -0.3 is 36.2 Å². The number of rotatable bonds is 11. The molecule has 1 aliphatic rings. The Hall–Kier alpha value is -1.81. The Morgan fingerprint density at radius 1 is 1.15 bits per heavy atom. The Labute approximate surface area is 162 Å². The van der Waals surface area contributed by atoms with E-state index in [2.05, 4.69) is 16.4 Å². The van der Waals surface area contributed by atoms with Crippen LogP contribution in [0.25, 0.3) is 0 Å². The third kappa shape index (κ3) is 8.61. The van der Waals surface area contributed by atoms with Crippen LogP contribution in [0.4, 0.5) is 0 Å². The van der Waals surface area contributed by atoms with Crippen LogP contribution in [0.5, 0.6) is 0 Å². The van der Waals surface area contributed by atoms with Gasteiger partial charge in [-0.15, -0.1) is 0 Å². The first kappa shape index (κ1) is 23.2. The second kappa shape index (κ2) is 11.8. The maximum atomic E-state index is 12.2. The van der Waals surface area contributed by atoms with Crippen LogP contribution in [0.1, 0.15) is 38.5 Å². The maximum absolute atomic E-state index is 12.2. The molecule has 2 amide bonds. The van der Waals surface area contributed by atoms with Crippen molar-refractivity contribution in [2.45, 2.75) is 50.6 Å². The van der Waals surface area contributed by atoms with E-state index in [1.807, 2.05) is 6.26 Å². The summed E-state index contributed by atoms with van der Waals surface area (Å²) in [5.74, 6) is -3.00. The number of aliphatic carboxylic acids is 2. The molecule has 0 aromatic carbocycles. The van der Waals surface area contributed by atoms with Crippen LogP contribution in [0.2, 0.25) is 0 Å². The van der Waals surface area contributed by atoms with Crippen LogP contribution in [-0.4, -0.2) is 54.4 Å². The van der Waals surface area contributed by atoms with Crippen LogP contribution in [0.15, 0.2) is 0 Å². The molecule has 1 fully saturated rings. The van der Waals surface area contributed by atoms with Gasteiger partial charge in [-0.05, 0) is 43.6 Å². The van der Waals surface area contributed by atoms with Gasteiger partial charge in [0.1, 0.15) is 0 Å². The van der Waals surface area contributed by atoms with Crippen LogP contribution in [-0.2, 0) is 19.2 Å². The van der Waals surface area contributed by atoms with Gasteiger partial charge in [0.25, 0.3) is 5.91 Å². The van der Waals surface area contributed by atoms with Crippen molar-refractivity contribution >= 4 is 35.5 Å². The van der Waals surface area contributed by atoms with Gasteiger partial charge in [0.15, 0.2) is 6.04 Å². The fraction of sp³-hybridized carbons (Fsp3) is 0.765. The molecular weight excluding hydrogens is 374 g/mol. The van der Waals surface area contributed by atoms with Gasteiger partial charge in [-0.3, -0.25) is 9.59 Å². The number of carboxylic acid groups (broad SMARTS) is 2. The molecule has 1 rings (SSSR count). The van der Waals surface area contributed by atoms with E-state index in [1.54, 1.807) is 11.8 Å². The van der Waals surface area contributed by atoms with E-state index >= 15 is 0 Å². The van der Waals surface area contributed by atoms with E-state index in [-0.39, 0.29) is 23.8 Å². The van der Waals surface area contributed by atoms with E-state index in [0.717, 1.165) is 25.0 Å². The second-order valence-electron chi connectivity index (χ2n) is 6.90. The van der Waals surface area contributed by atoms with Gasteiger partial charge in [-0.25, -0.2) is 0 Å². The first-order valence-corrected chi connectivity index (χ1v) is 10.4. The molecule has 0 spiro atoms. The number of amides is 2. The largest absolute Gasteiger partial charge is 0.550 e. The van der Waals surface area contributed by atoms with E-state index in [0.29, 0.717) is 19.4 Å². The maximum Gasteiger partial charge on any atom is 0.278 e. The molecule has 0 radical (unpaired) electrons. The fourth-order valence-electron chi connectivity index (χ4n) is 3.06. The average molecular weight is 402 g/mol. The predicted octanol–water partition coefficient (Wildman–Crippen LogP) is -3.35. The zero-order valence-corrected chi connectivity index (χ0v) is 16.3. The normalized spacial score (nSPS) is 21.7. The molecule has 0 aromatic rings. The van der Waals surface area contributed by atoms with Crippen LogP contribution in [0.3, 0.4) is 0 Å². The third-order valence-electron chi connectivity index (χ3n) is 4.80. The van der Waals surface area contributed by atoms with Crippen molar-refractivity contribution < 1.29 is 35.1 Å². The lowest BCUT2D eigenvalue weighted by Crippen LogP contribution is -2.67. The lowest BCUT2D eigenvalue weighted by molar-refractivity contribution is -0.403. The highest BCUT2D eigenvalue weighted by Gasteiger charge is 2.28. The topological polar surface area (TPSA) is 166 Å². The van der Waals surface area contributed by atoms with E-state index in [1.165, 1.54) is 0 Å². The Morgan fingerprint density at radius 3 is 2.30 bits per heavy atom. The molecule has 0 saturated heterocycles. The van der Waals surface area contributed by atoms with Crippen molar-refractivity contribution in [1.29, 1.82) is 0 Å². The molecule has 0 aliphatic heterocycles. The number of nitrogens with one attached hydrogen (secondary N) is 2. The first-order valence-electron chi connectivity index (χ1n) is 9.05. The van der Waals surface area contributed by atoms with E-state index in [9.17, 15) is 29.4 Å². The molecule has 27 heavy (non-hydrogen) atoms. The molecule has 0 heterocycles. The van der Waals surface area contributed by atoms with Crippen molar-refractivity contribution in [2.24, 2.45) is 11.8 Å². The molecule has 10 heteroatoms. The van der Waals surface area contributed by atoms with Crippen LogP contribution in [0, 0.1) is 11.8 Å². The summed E-state index contributed by atoms with van der Waals surface area (Å²) in [4.78, 5) is 45.6. The Balaban J connectivity index is 2.36. The van der Waals surface area contributed by atoms with Crippen molar-refractivity contribution in [1.82, 2.24) is 10.6 Å². The molecule has 1 aliphatic carbocycles. The fourth-order valence-corrected chi connectivity index (χ4v) is 3.58. The summed E-state index contributed by atoms with van der Waals surface area (Å²) in [5.41, 5.74) is 3.86. The number of carbonyl (C=O) groups is 4. The van der Waals surface area contributed by atoms with Gasteiger partial charge in [0, 0.05) is 31.3 Å². The summed E-state index contributed by atoms with van der Waals surface area (Å²) in [6, 6.07) is -1.86. The molecule has 154 valence electrons. The monoisotopic (exact) mass is 402 g/mol. The molecule has 2 atom stereocenters. The zero-order valence-electron chi connectivity index (χ0n) is 15.5. The minimum Gasteiger partial charge on any atom is -0.550 e. The number of thioether (sulfide) groups is 1. The Kier molecular flexibility index (Phi) is 10.2. The predicted molar refractivity (Wildman–Crippen MR) is 94.7 cm³/mol. The quantitative estimate of drug-likeness (QED) is 0.324. The number of carboxylic acids is 2. The third-order valence-corrected chi connectivity index (χ3v) is 5.44. The molecule has 0 unspecified atom stereocenters. The first-order chi connectivity index (χ1) is 12.7. The van der Waals surface area contributed by atoms with Crippen molar-refractivity contribution in [3.05, 3.63) is 0 Å². The highest BCUT2D eigenvalue weighted by molar-refractivity contribution is 7.98. The highest BCUT2D eigenvalue weighted by atomic mass is 32.2. The minimum absolute atomic E-state index is 0.0667. The van der Waals surface area contributed by atoms with E-state index < -0.39 is 30.3 Å². The molecule has 0 bridgehead atoms. The second-order valence-corrected chi connectivity index (χ2v) is 7.88. The molecule has 5 N–H and O–H groups in total. The number of hydrogen-bond acceptors (Lipinski definition) is 7. The highest BCUT2D eigenvalue weighted by Crippen LogP contribution is 2.28. The van der Waals surface area contributed by atoms with Crippen molar-refractivity contribution in [3.8, 4) is 0 Å². The Morgan fingerprint density at radius 2 is 1.78 bits per heavy atom. The molecule has 9 nitrogen and oxygen atoms in total. The number of carbonyl (C=O) groups excluding carboxylic acids is 4. The lowest BCUT2D eigenvalue weighted by Gasteiger charge is -2.29. The summed E-state index contributed by atoms with van der Waals surface area (Å²) in [6.45, 7) is 0.533. The summed E-state index contributed by atoms with van der Waals surface area (Å²) < 4.78 is 0. The number of quaternary nitrogens is 1. The summed E-state index contributed by atoms with van der Waals surface area (Å²) in [6.07, 6.45) is 4.44. The zero-order chi connectivity index (χ0) is 20.4. The lowest BCUT2D eigenvalue weighted by atomic mass is 9.81. The summed E-state index contributed by atoms with van der Waals surface area (Å²) >= 11 is 1.67. The van der Waals surface area contributed by atoms with Gasteiger partial charge >= 0.3 is 0 Å². The van der Waals surface area contributed by atoms with Gasteiger partial charge in [-0.2, -0.15) is 11.8 Å². The van der Waals surface area contributed by atoms with Crippen LogP contribution >= 0.6 is 11.8 Å².